The summed E-state index contributed by atoms with van der Waals surface area (Å²) in [5.41, 5.74) is 0.705. The van der Waals surface area contributed by atoms with Crippen molar-refractivity contribution in [2.45, 2.75) is 38.2 Å². The maximum atomic E-state index is 13.1. The first-order valence-electron chi connectivity index (χ1n) is 8.78. The number of nitrogens with one attached hydrogen (secondary N) is 1. The molecule has 1 heterocycles. The molecule has 0 saturated heterocycles. The van der Waals surface area contributed by atoms with E-state index in [0.717, 1.165) is 0 Å². The van der Waals surface area contributed by atoms with Gasteiger partial charge in [-0.15, -0.1) is 0 Å². The number of sulfonamides is 1. The fraction of sp³-hybridized carbons (Fsp3) is 0.350. The van der Waals surface area contributed by atoms with Crippen molar-refractivity contribution in [1.82, 2.24) is 5.32 Å². The number of nitrogens with zero attached hydrogens (tertiary/aromatic N) is 1. The number of hydrogen-bond acceptors (Lipinski definition) is 4. The summed E-state index contributed by atoms with van der Waals surface area (Å²) in [6.45, 7) is 5.54. The van der Waals surface area contributed by atoms with E-state index in [-0.39, 0.29) is 18.2 Å². The van der Waals surface area contributed by atoms with Gasteiger partial charge in [-0.3, -0.25) is 9.10 Å². The summed E-state index contributed by atoms with van der Waals surface area (Å²) in [5, 5.41) is 2.86. The summed E-state index contributed by atoms with van der Waals surface area (Å²) in [5.74, 6) is -0.0955. The van der Waals surface area contributed by atoms with Crippen LogP contribution in [0.2, 0.25) is 0 Å². The lowest BCUT2D eigenvalue weighted by Gasteiger charge is -2.35. The highest BCUT2D eigenvalue weighted by Crippen LogP contribution is 2.35. The van der Waals surface area contributed by atoms with Crippen LogP contribution in [0, 0.1) is 0 Å². The maximum Gasteiger partial charge on any atom is 0.263 e. The summed E-state index contributed by atoms with van der Waals surface area (Å²) in [4.78, 5) is 12.6. The van der Waals surface area contributed by atoms with Crippen molar-refractivity contribution in [2.24, 2.45) is 0 Å². The number of ether oxygens (including phenoxy) is 1. The number of para-hydroxylation sites is 2. The average Bonchev–Trinajstić information content (AvgIpc) is 2.59. The molecule has 1 aliphatic rings. The molecule has 1 aliphatic heterocycles. The number of amides is 1. The molecule has 0 fully saturated rings. The van der Waals surface area contributed by atoms with Gasteiger partial charge in [0.15, 0.2) is 6.10 Å². The van der Waals surface area contributed by atoms with Crippen LogP contribution >= 0.6 is 0 Å². The molecule has 2 aromatic rings. The lowest BCUT2D eigenvalue weighted by Crippen LogP contribution is -2.54. The van der Waals surface area contributed by atoms with E-state index in [0.29, 0.717) is 17.0 Å². The molecule has 0 aromatic heterocycles. The van der Waals surface area contributed by atoms with Crippen molar-refractivity contribution in [3.05, 3.63) is 60.2 Å². The SMILES string of the molecule is CC(C)(C)NC(=O)C1CN(S(=O)(=O)Cc2ccccc2)c2ccccc2O1. The van der Waals surface area contributed by atoms with Crippen LogP contribution in [0.4, 0.5) is 5.69 Å². The van der Waals surface area contributed by atoms with Gasteiger partial charge in [0.1, 0.15) is 5.75 Å². The molecule has 1 N–H and O–H groups in total. The molecular weight excluding hydrogens is 364 g/mol. The Morgan fingerprint density at radius 2 is 1.74 bits per heavy atom. The minimum atomic E-state index is -3.69. The Kier molecular flexibility index (Phi) is 5.15. The smallest absolute Gasteiger partial charge is 0.263 e. The molecule has 6 nitrogen and oxygen atoms in total. The van der Waals surface area contributed by atoms with E-state index in [9.17, 15) is 13.2 Å². The molecule has 0 saturated carbocycles. The maximum absolute atomic E-state index is 13.1. The van der Waals surface area contributed by atoms with Gasteiger partial charge >= 0.3 is 0 Å². The molecular formula is C20H24N2O4S. The first-order valence-corrected chi connectivity index (χ1v) is 10.4. The minimum absolute atomic E-state index is 0.0614. The Bertz CT molecular complexity index is 920. The highest BCUT2D eigenvalue weighted by Gasteiger charge is 2.37. The van der Waals surface area contributed by atoms with E-state index in [1.54, 1.807) is 48.5 Å². The van der Waals surface area contributed by atoms with Gasteiger partial charge in [-0.1, -0.05) is 42.5 Å². The van der Waals surface area contributed by atoms with Crippen LogP contribution in [0.15, 0.2) is 54.6 Å². The van der Waals surface area contributed by atoms with Gasteiger partial charge in [0.25, 0.3) is 5.91 Å². The average molecular weight is 388 g/mol. The standard InChI is InChI=1S/C20H24N2O4S/c1-20(2,3)21-19(23)18-13-22(16-11-7-8-12-17(16)26-18)27(24,25)14-15-9-5-4-6-10-15/h4-12,18H,13-14H2,1-3H3,(H,21,23). The molecule has 2 aromatic carbocycles. The minimum Gasteiger partial charge on any atom is -0.476 e. The van der Waals surface area contributed by atoms with E-state index < -0.39 is 21.7 Å². The summed E-state index contributed by atoms with van der Waals surface area (Å²) in [7, 11) is -3.69. The van der Waals surface area contributed by atoms with Crippen molar-refractivity contribution < 1.29 is 17.9 Å². The van der Waals surface area contributed by atoms with Gasteiger partial charge in [-0.2, -0.15) is 0 Å². The summed E-state index contributed by atoms with van der Waals surface area (Å²) in [6, 6.07) is 15.9. The van der Waals surface area contributed by atoms with Crippen LogP contribution in [-0.4, -0.2) is 32.5 Å². The van der Waals surface area contributed by atoms with E-state index in [1.165, 1.54) is 4.31 Å². The second-order valence-corrected chi connectivity index (χ2v) is 9.48. The number of benzene rings is 2. The zero-order valence-corrected chi connectivity index (χ0v) is 16.5. The topological polar surface area (TPSA) is 75.7 Å². The second-order valence-electron chi connectivity index (χ2n) is 7.59. The first kappa shape index (κ1) is 19.2. The van der Waals surface area contributed by atoms with Gasteiger partial charge in [-0.05, 0) is 38.5 Å². The zero-order valence-electron chi connectivity index (χ0n) is 15.7. The predicted molar refractivity (Wildman–Crippen MR) is 105 cm³/mol. The normalized spacial score (nSPS) is 17.0. The van der Waals surface area contributed by atoms with Crippen molar-refractivity contribution in [1.29, 1.82) is 0 Å². The molecule has 27 heavy (non-hydrogen) atoms. The molecule has 0 aliphatic carbocycles. The van der Waals surface area contributed by atoms with Crippen LogP contribution in [0.25, 0.3) is 0 Å². The van der Waals surface area contributed by atoms with Crippen LogP contribution in [0.1, 0.15) is 26.3 Å². The largest absolute Gasteiger partial charge is 0.476 e. The zero-order chi connectivity index (χ0) is 19.7. The fourth-order valence-electron chi connectivity index (χ4n) is 2.92. The van der Waals surface area contributed by atoms with E-state index in [1.807, 2.05) is 26.8 Å². The number of anilines is 1. The summed E-state index contributed by atoms with van der Waals surface area (Å²) >= 11 is 0. The second kappa shape index (κ2) is 7.23. The number of rotatable bonds is 4. The molecule has 1 unspecified atom stereocenters. The fourth-order valence-corrected chi connectivity index (χ4v) is 4.50. The van der Waals surface area contributed by atoms with Gasteiger partial charge in [0, 0.05) is 5.54 Å². The lowest BCUT2D eigenvalue weighted by molar-refractivity contribution is -0.129. The Morgan fingerprint density at radius 1 is 1.11 bits per heavy atom. The van der Waals surface area contributed by atoms with Crippen molar-refractivity contribution >= 4 is 21.6 Å². The highest BCUT2D eigenvalue weighted by molar-refractivity contribution is 7.92. The van der Waals surface area contributed by atoms with Crippen LogP contribution in [0.3, 0.4) is 0 Å². The Labute approximate surface area is 160 Å². The lowest BCUT2D eigenvalue weighted by atomic mass is 10.1. The van der Waals surface area contributed by atoms with Crippen molar-refractivity contribution in [3.63, 3.8) is 0 Å². The predicted octanol–water partition coefficient (Wildman–Crippen LogP) is 2.70. The highest BCUT2D eigenvalue weighted by atomic mass is 32.2. The monoisotopic (exact) mass is 388 g/mol. The van der Waals surface area contributed by atoms with Gasteiger partial charge < -0.3 is 10.1 Å². The number of fused-ring (bicyclic) bond motifs is 1. The van der Waals surface area contributed by atoms with Crippen molar-refractivity contribution in [3.8, 4) is 5.75 Å². The molecule has 3 rings (SSSR count). The Balaban J connectivity index is 1.92. The first-order chi connectivity index (χ1) is 12.7. The third-order valence-corrected chi connectivity index (χ3v) is 5.77. The van der Waals surface area contributed by atoms with Crippen LogP contribution in [0.5, 0.6) is 5.75 Å². The third-order valence-electron chi connectivity index (χ3n) is 4.05. The summed E-state index contributed by atoms with van der Waals surface area (Å²) < 4.78 is 33.3. The van der Waals surface area contributed by atoms with E-state index in [4.69, 9.17) is 4.74 Å². The summed E-state index contributed by atoms with van der Waals surface area (Å²) in [6.07, 6.45) is -0.912. The molecule has 1 atom stereocenters. The molecule has 7 heteroatoms. The van der Waals surface area contributed by atoms with E-state index >= 15 is 0 Å². The van der Waals surface area contributed by atoms with Gasteiger partial charge in [0.05, 0.1) is 18.0 Å². The molecule has 0 bridgehead atoms. The Hall–Kier alpha value is -2.54. The Morgan fingerprint density at radius 3 is 2.41 bits per heavy atom. The van der Waals surface area contributed by atoms with E-state index in [2.05, 4.69) is 5.32 Å². The quantitative estimate of drug-likeness (QED) is 0.874. The van der Waals surface area contributed by atoms with Crippen LogP contribution < -0.4 is 14.4 Å². The van der Waals surface area contributed by atoms with Gasteiger partial charge in [0.2, 0.25) is 10.0 Å². The third kappa shape index (κ3) is 4.60. The molecule has 0 radical (unpaired) electrons. The molecule has 144 valence electrons. The number of hydrogen-bond donors (Lipinski definition) is 1. The van der Waals surface area contributed by atoms with Crippen LogP contribution in [-0.2, 0) is 20.6 Å². The molecule has 1 amide bonds. The van der Waals surface area contributed by atoms with Crippen molar-refractivity contribution in [2.75, 3.05) is 10.8 Å². The number of carbonyl (C=O) groups is 1. The number of carbonyl (C=O) groups excluding carboxylic acids is 1. The molecule has 0 spiro atoms. The van der Waals surface area contributed by atoms with Gasteiger partial charge in [-0.25, -0.2) is 8.42 Å².